The molecule has 2 aromatic carbocycles. The third-order valence-corrected chi connectivity index (χ3v) is 3.79. The van der Waals surface area contributed by atoms with E-state index in [2.05, 4.69) is 14.8 Å². The summed E-state index contributed by atoms with van der Waals surface area (Å²) in [6.45, 7) is 0. The number of benzene rings is 2. The molecule has 0 saturated carbocycles. The molecule has 3 rings (SSSR count). The van der Waals surface area contributed by atoms with Crippen LogP contribution in [0.5, 0.6) is 11.5 Å². The Labute approximate surface area is 137 Å². The highest BCUT2D eigenvalue weighted by molar-refractivity contribution is 7.99. The molecule has 0 fully saturated rings. The standard InChI is InChI=1S/C15H9F4NO3S/c16-14(17)24-12-4-2-1-3-9(12)13(21)20-8-5-6-10-11(7-8)23-15(18,19)22-10/h1-7,14H,(H,20,21). The molecule has 0 atom stereocenters. The van der Waals surface area contributed by atoms with E-state index in [9.17, 15) is 22.4 Å². The monoisotopic (exact) mass is 359 g/mol. The van der Waals surface area contributed by atoms with Crippen LogP contribution >= 0.6 is 11.8 Å². The molecule has 0 unspecified atom stereocenters. The first-order valence-corrected chi connectivity index (χ1v) is 7.47. The van der Waals surface area contributed by atoms with Crippen molar-refractivity contribution in [2.45, 2.75) is 16.9 Å². The number of halogens is 4. The van der Waals surface area contributed by atoms with Crippen LogP contribution in [0, 0.1) is 0 Å². The number of carbonyl (C=O) groups is 1. The van der Waals surface area contributed by atoms with Gasteiger partial charge in [-0.25, -0.2) is 0 Å². The molecule has 9 heteroatoms. The second-order valence-corrected chi connectivity index (χ2v) is 5.69. The molecular weight excluding hydrogens is 350 g/mol. The molecule has 126 valence electrons. The molecule has 4 nitrogen and oxygen atoms in total. The zero-order valence-electron chi connectivity index (χ0n) is 11.8. The molecule has 0 radical (unpaired) electrons. The zero-order valence-corrected chi connectivity index (χ0v) is 12.6. The lowest BCUT2D eigenvalue weighted by molar-refractivity contribution is -0.286. The van der Waals surface area contributed by atoms with Crippen molar-refractivity contribution < 1.29 is 31.8 Å². The highest BCUT2D eigenvalue weighted by atomic mass is 32.2. The summed E-state index contributed by atoms with van der Waals surface area (Å²) in [5.41, 5.74) is 0.211. The summed E-state index contributed by atoms with van der Waals surface area (Å²) in [4.78, 5) is 12.4. The van der Waals surface area contributed by atoms with Crippen LogP contribution in [0.15, 0.2) is 47.4 Å². The number of fused-ring (bicyclic) bond motifs is 1. The normalized spacial score (nSPS) is 14.7. The van der Waals surface area contributed by atoms with Crippen molar-refractivity contribution in [3.8, 4) is 11.5 Å². The molecule has 24 heavy (non-hydrogen) atoms. The van der Waals surface area contributed by atoms with E-state index in [1.54, 1.807) is 0 Å². The average molecular weight is 359 g/mol. The molecular formula is C15H9F4NO3S. The maximum Gasteiger partial charge on any atom is 0.586 e. The van der Waals surface area contributed by atoms with Crippen molar-refractivity contribution in [2.75, 3.05) is 5.32 Å². The van der Waals surface area contributed by atoms with E-state index in [-0.39, 0.29) is 39.4 Å². The second kappa shape index (κ2) is 6.23. The molecule has 0 aliphatic carbocycles. The van der Waals surface area contributed by atoms with Crippen LogP contribution in [0.2, 0.25) is 0 Å². The van der Waals surface area contributed by atoms with Gasteiger partial charge in [0.1, 0.15) is 0 Å². The van der Waals surface area contributed by atoms with Crippen molar-refractivity contribution in [1.29, 1.82) is 0 Å². The lowest BCUT2D eigenvalue weighted by Gasteiger charge is -2.10. The van der Waals surface area contributed by atoms with Gasteiger partial charge < -0.3 is 14.8 Å². The Hall–Kier alpha value is -2.42. The Morgan fingerprint density at radius 1 is 1.08 bits per heavy atom. The summed E-state index contributed by atoms with van der Waals surface area (Å²) in [6.07, 6.45) is -3.76. The molecule has 0 aromatic heterocycles. The summed E-state index contributed by atoms with van der Waals surface area (Å²) < 4.78 is 59.6. The van der Waals surface area contributed by atoms with Crippen molar-refractivity contribution in [1.82, 2.24) is 0 Å². The van der Waals surface area contributed by atoms with E-state index in [4.69, 9.17) is 0 Å². The molecule has 2 aromatic rings. The van der Waals surface area contributed by atoms with Gasteiger partial charge in [-0.1, -0.05) is 23.9 Å². The van der Waals surface area contributed by atoms with Crippen molar-refractivity contribution in [3.05, 3.63) is 48.0 Å². The topological polar surface area (TPSA) is 47.6 Å². The lowest BCUT2D eigenvalue weighted by atomic mass is 10.2. The van der Waals surface area contributed by atoms with Gasteiger partial charge >= 0.3 is 6.29 Å². The van der Waals surface area contributed by atoms with Gasteiger partial charge in [-0.2, -0.15) is 8.78 Å². The predicted molar refractivity (Wildman–Crippen MR) is 78.9 cm³/mol. The fourth-order valence-electron chi connectivity index (χ4n) is 2.08. The maximum absolute atomic E-state index is 13.0. The molecule has 1 N–H and O–H groups in total. The minimum Gasteiger partial charge on any atom is -0.395 e. The van der Waals surface area contributed by atoms with Crippen LogP contribution in [-0.2, 0) is 0 Å². The minimum absolute atomic E-state index is 0.0470. The Morgan fingerprint density at radius 2 is 1.79 bits per heavy atom. The van der Waals surface area contributed by atoms with Gasteiger partial charge in [-0.15, -0.1) is 8.78 Å². The van der Waals surface area contributed by atoms with E-state index < -0.39 is 18.0 Å². The molecule has 1 aliphatic heterocycles. The van der Waals surface area contributed by atoms with E-state index in [1.807, 2.05) is 0 Å². The molecule has 1 aliphatic rings. The van der Waals surface area contributed by atoms with Crippen LogP contribution in [-0.4, -0.2) is 18.0 Å². The number of hydrogen-bond acceptors (Lipinski definition) is 4. The Morgan fingerprint density at radius 3 is 2.54 bits per heavy atom. The van der Waals surface area contributed by atoms with Gasteiger partial charge in [-0.05, 0) is 24.3 Å². The smallest absolute Gasteiger partial charge is 0.395 e. The van der Waals surface area contributed by atoms with E-state index in [1.165, 1.54) is 36.4 Å². The number of nitrogens with one attached hydrogen (secondary N) is 1. The average Bonchev–Trinajstić information content (AvgIpc) is 2.80. The molecule has 1 amide bonds. The number of thioether (sulfide) groups is 1. The van der Waals surface area contributed by atoms with Crippen molar-refractivity contribution >= 4 is 23.4 Å². The second-order valence-electron chi connectivity index (χ2n) is 4.66. The summed E-state index contributed by atoms with van der Waals surface area (Å²) in [5.74, 6) is -3.71. The number of amides is 1. The van der Waals surface area contributed by atoms with Gasteiger partial charge in [0.2, 0.25) is 0 Å². The quantitative estimate of drug-likeness (QED) is 0.641. The van der Waals surface area contributed by atoms with Crippen LogP contribution in [0.4, 0.5) is 23.2 Å². The SMILES string of the molecule is O=C(Nc1ccc2c(c1)OC(F)(F)O2)c1ccccc1SC(F)F. The van der Waals surface area contributed by atoms with E-state index >= 15 is 0 Å². The van der Waals surface area contributed by atoms with Crippen molar-refractivity contribution in [3.63, 3.8) is 0 Å². The van der Waals surface area contributed by atoms with Crippen LogP contribution in [0.25, 0.3) is 0 Å². The molecule has 0 spiro atoms. The fraction of sp³-hybridized carbons (Fsp3) is 0.133. The largest absolute Gasteiger partial charge is 0.586 e. The molecule has 0 bridgehead atoms. The summed E-state index contributed by atoms with van der Waals surface area (Å²) in [5, 5.41) is 2.45. The predicted octanol–water partition coefficient (Wildman–Crippen LogP) is 4.58. The minimum atomic E-state index is -3.76. The third-order valence-electron chi connectivity index (χ3n) is 3.01. The maximum atomic E-state index is 13.0. The summed E-state index contributed by atoms with van der Waals surface area (Å²) >= 11 is 0.246. The number of alkyl halides is 4. The Bertz CT molecular complexity index is 785. The molecule has 0 saturated heterocycles. The lowest BCUT2D eigenvalue weighted by Crippen LogP contribution is -2.25. The molecule has 1 heterocycles. The fourth-order valence-corrected chi connectivity index (χ4v) is 2.71. The zero-order chi connectivity index (χ0) is 17.3. The van der Waals surface area contributed by atoms with E-state index in [0.29, 0.717) is 0 Å². The Balaban J connectivity index is 1.79. The highest BCUT2D eigenvalue weighted by Gasteiger charge is 2.43. The van der Waals surface area contributed by atoms with Crippen LogP contribution in [0.1, 0.15) is 10.4 Å². The van der Waals surface area contributed by atoms with Crippen LogP contribution < -0.4 is 14.8 Å². The van der Waals surface area contributed by atoms with Crippen molar-refractivity contribution in [2.24, 2.45) is 0 Å². The number of ether oxygens (including phenoxy) is 2. The van der Waals surface area contributed by atoms with Gasteiger partial charge in [0, 0.05) is 16.6 Å². The highest BCUT2D eigenvalue weighted by Crippen LogP contribution is 2.42. The number of rotatable bonds is 4. The van der Waals surface area contributed by atoms with Crippen LogP contribution in [0.3, 0.4) is 0 Å². The number of hydrogen-bond donors (Lipinski definition) is 1. The van der Waals surface area contributed by atoms with Gasteiger partial charge in [0.25, 0.3) is 11.7 Å². The van der Waals surface area contributed by atoms with E-state index in [0.717, 1.165) is 6.07 Å². The first-order valence-electron chi connectivity index (χ1n) is 6.59. The summed E-state index contributed by atoms with van der Waals surface area (Å²) in [7, 11) is 0. The van der Waals surface area contributed by atoms with Gasteiger partial charge in [0.15, 0.2) is 11.5 Å². The Kier molecular flexibility index (Phi) is 4.27. The van der Waals surface area contributed by atoms with Gasteiger partial charge in [0.05, 0.1) is 5.56 Å². The first kappa shape index (κ1) is 16.4. The first-order chi connectivity index (χ1) is 11.3. The summed E-state index contributed by atoms with van der Waals surface area (Å²) in [6, 6.07) is 9.56. The number of carbonyl (C=O) groups excluding carboxylic acids is 1. The van der Waals surface area contributed by atoms with Gasteiger partial charge in [-0.3, -0.25) is 4.79 Å². The third kappa shape index (κ3) is 3.56. The number of anilines is 1.